The van der Waals surface area contributed by atoms with Gasteiger partial charge in [0.2, 0.25) is 11.8 Å². The molecule has 7 nitrogen and oxygen atoms in total. The number of primary amides is 1. The number of carbonyl (C=O) groups excluding carboxylic acids is 2. The van der Waals surface area contributed by atoms with E-state index < -0.39 is 11.9 Å². The lowest BCUT2D eigenvalue weighted by atomic mass is 10.6. The summed E-state index contributed by atoms with van der Waals surface area (Å²) in [6.45, 7) is 9.91. The van der Waals surface area contributed by atoms with Gasteiger partial charge >= 0.3 is 5.97 Å². The summed E-state index contributed by atoms with van der Waals surface area (Å²) >= 11 is 0. The van der Waals surface area contributed by atoms with Crippen LogP contribution in [0.15, 0.2) is 38.0 Å². The van der Waals surface area contributed by atoms with Crippen LogP contribution in [0.2, 0.25) is 0 Å². The van der Waals surface area contributed by atoms with Crippen LogP contribution in [0.25, 0.3) is 0 Å². The lowest BCUT2D eigenvalue weighted by molar-refractivity contribution is -0.131. The fraction of sp³-hybridized carbons (Fsp3) is 0.250. The number of nitrogens with one attached hydrogen (secondary N) is 1. The van der Waals surface area contributed by atoms with Crippen LogP contribution in [0.3, 0.4) is 0 Å². The maximum atomic E-state index is 10.5. The van der Waals surface area contributed by atoms with Crippen molar-refractivity contribution in [3.05, 3.63) is 38.0 Å². The van der Waals surface area contributed by atoms with E-state index in [1.807, 2.05) is 19.0 Å². The van der Waals surface area contributed by atoms with Crippen molar-refractivity contribution in [1.82, 2.24) is 10.2 Å². The SMILES string of the molecule is C=CC(=O)NCN(C)C.C=CC(=O)O.C=CC(N)=O. The van der Waals surface area contributed by atoms with Gasteiger partial charge in [-0.25, -0.2) is 4.79 Å². The molecule has 19 heavy (non-hydrogen) atoms. The van der Waals surface area contributed by atoms with Gasteiger partial charge in [0, 0.05) is 6.08 Å². The Kier molecular flexibility index (Phi) is 17.9. The Morgan fingerprint density at radius 1 is 1.16 bits per heavy atom. The molecule has 0 aliphatic heterocycles. The second kappa shape index (κ2) is 15.6. The van der Waals surface area contributed by atoms with Crippen LogP contribution < -0.4 is 11.1 Å². The number of carboxylic acids is 1. The van der Waals surface area contributed by atoms with Crippen LogP contribution in [-0.2, 0) is 14.4 Å². The largest absolute Gasteiger partial charge is 0.478 e. The number of nitrogens with two attached hydrogens (primary N) is 1. The molecule has 0 aromatic rings. The summed E-state index contributed by atoms with van der Waals surface area (Å²) in [4.78, 5) is 31.0. The van der Waals surface area contributed by atoms with Gasteiger partial charge in [-0.15, -0.1) is 0 Å². The van der Waals surface area contributed by atoms with E-state index in [1.165, 1.54) is 6.08 Å². The van der Waals surface area contributed by atoms with Crippen LogP contribution in [0.1, 0.15) is 0 Å². The van der Waals surface area contributed by atoms with E-state index in [0.717, 1.165) is 12.2 Å². The summed E-state index contributed by atoms with van der Waals surface area (Å²) in [7, 11) is 3.76. The first-order valence-corrected chi connectivity index (χ1v) is 5.03. The van der Waals surface area contributed by atoms with Crippen molar-refractivity contribution < 1.29 is 19.5 Å². The molecule has 0 unspecified atom stereocenters. The molecule has 0 rings (SSSR count). The zero-order chi connectivity index (χ0) is 15.8. The van der Waals surface area contributed by atoms with E-state index in [2.05, 4.69) is 30.8 Å². The molecular weight excluding hydrogens is 250 g/mol. The van der Waals surface area contributed by atoms with Crippen LogP contribution in [0, 0.1) is 0 Å². The van der Waals surface area contributed by atoms with Gasteiger partial charge in [0.25, 0.3) is 0 Å². The van der Waals surface area contributed by atoms with Crippen molar-refractivity contribution in [3.63, 3.8) is 0 Å². The van der Waals surface area contributed by atoms with Gasteiger partial charge in [0.15, 0.2) is 0 Å². The highest BCUT2D eigenvalue weighted by Crippen LogP contribution is 1.69. The Morgan fingerprint density at radius 2 is 1.53 bits per heavy atom. The third kappa shape index (κ3) is 39.0. The molecule has 0 aromatic carbocycles. The molecule has 0 atom stereocenters. The minimum absolute atomic E-state index is 0.135. The average molecular weight is 271 g/mol. The lowest BCUT2D eigenvalue weighted by Gasteiger charge is -2.08. The average Bonchev–Trinajstić information content (AvgIpc) is 2.37. The molecule has 0 saturated carbocycles. The second-order valence-electron chi connectivity index (χ2n) is 3.13. The first-order valence-electron chi connectivity index (χ1n) is 5.03. The van der Waals surface area contributed by atoms with Crippen LogP contribution >= 0.6 is 0 Å². The van der Waals surface area contributed by atoms with E-state index in [4.69, 9.17) is 5.11 Å². The van der Waals surface area contributed by atoms with Crippen molar-refractivity contribution in [2.75, 3.05) is 20.8 Å². The predicted octanol–water partition coefficient (Wildman–Crippen LogP) is -0.278. The van der Waals surface area contributed by atoms with E-state index in [9.17, 15) is 14.4 Å². The highest BCUT2D eigenvalue weighted by molar-refractivity contribution is 5.86. The normalized spacial score (nSPS) is 7.74. The Labute approximate surface area is 113 Å². The third-order valence-electron chi connectivity index (χ3n) is 1.13. The highest BCUT2D eigenvalue weighted by atomic mass is 16.4. The molecule has 0 aliphatic rings. The number of carbonyl (C=O) groups is 3. The van der Waals surface area contributed by atoms with Gasteiger partial charge in [-0.3, -0.25) is 14.5 Å². The topological polar surface area (TPSA) is 113 Å². The molecule has 0 radical (unpaired) electrons. The minimum Gasteiger partial charge on any atom is -0.478 e. The maximum Gasteiger partial charge on any atom is 0.327 e. The number of hydrogen-bond acceptors (Lipinski definition) is 4. The molecule has 4 N–H and O–H groups in total. The lowest BCUT2D eigenvalue weighted by Crippen LogP contribution is -2.31. The maximum absolute atomic E-state index is 10.5. The molecule has 0 heterocycles. The summed E-state index contributed by atoms with van der Waals surface area (Å²) in [5, 5.41) is 10.2. The van der Waals surface area contributed by atoms with Crippen molar-refractivity contribution >= 4 is 17.8 Å². The monoisotopic (exact) mass is 271 g/mol. The minimum atomic E-state index is -0.981. The van der Waals surface area contributed by atoms with E-state index in [0.29, 0.717) is 6.67 Å². The van der Waals surface area contributed by atoms with Gasteiger partial charge in [-0.2, -0.15) is 0 Å². The number of amides is 2. The number of hydrogen-bond donors (Lipinski definition) is 3. The molecule has 2 amide bonds. The van der Waals surface area contributed by atoms with E-state index in [-0.39, 0.29) is 5.91 Å². The predicted molar refractivity (Wildman–Crippen MR) is 74.1 cm³/mol. The number of rotatable bonds is 5. The van der Waals surface area contributed by atoms with Crippen LogP contribution in [0.4, 0.5) is 0 Å². The van der Waals surface area contributed by atoms with Gasteiger partial charge in [-0.05, 0) is 26.2 Å². The quantitative estimate of drug-likeness (QED) is 0.470. The molecule has 0 bridgehead atoms. The Bertz CT molecular complexity index is 307. The van der Waals surface area contributed by atoms with Crippen molar-refractivity contribution in [3.8, 4) is 0 Å². The van der Waals surface area contributed by atoms with E-state index >= 15 is 0 Å². The van der Waals surface area contributed by atoms with Gasteiger partial charge in [-0.1, -0.05) is 19.7 Å². The molecule has 0 saturated heterocycles. The summed E-state index contributed by atoms with van der Waals surface area (Å²) < 4.78 is 0. The molecule has 0 aliphatic carbocycles. The summed E-state index contributed by atoms with van der Waals surface area (Å²) in [6, 6.07) is 0. The fourth-order valence-electron chi connectivity index (χ4n) is 0.308. The zero-order valence-corrected chi connectivity index (χ0v) is 11.3. The summed E-state index contributed by atoms with van der Waals surface area (Å²) in [5.41, 5.74) is 4.53. The number of aliphatic carboxylic acids is 1. The molecule has 0 fully saturated rings. The molecule has 0 spiro atoms. The van der Waals surface area contributed by atoms with Crippen molar-refractivity contribution in [2.24, 2.45) is 5.73 Å². The standard InChI is InChI=1S/C6H12N2O.C3H5NO.C3H4O2/c1-4-6(9)7-5-8(2)3;2*1-2-3(4)5/h4H,1,5H2,2-3H3,(H,7,9);2H,1H2,(H2,4,5);2H,1H2,(H,4,5). The van der Waals surface area contributed by atoms with Gasteiger partial charge in [0.1, 0.15) is 0 Å². The first kappa shape index (κ1) is 21.8. The van der Waals surface area contributed by atoms with Crippen LogP contribution in [-0.4, -0.2) is 48.6 Å². The van der Waals surface area contributed by atoms with Crippen LogP contribution in [0.5, 0.6) is 0 Å². The summed E-state index contributed by atoms with van der Waals surface area (Å²) in [6.07, 6.45) is 3.14. The summed E-state index contributed by atoms with van der Waals surface area (Å²) in [5.74, 6) is -1.60. The molecular formula is C12H21N3O4. The van der Waals surface area contributed by atoms with Crippen molar-refractivity contribution in [2.45, 2.75) is 0 Å². The Balaban J connectivity index is -0.000000219. The highest BCUT2D eigenvalue weighted by Gasteiger charge is 1.91. The number of nitrogens with zero attached hydrogens (tertiary/aromatic N) is 1. The van der Waals surface area contributed by atoms with Gasteiger partial charge in [0.05, 0.1) is 6.67 Å². The molecule has 108 valence electrons. The van der Waals surface area contributed by atoms with Crippen molar-refractivity contribution in [1.29, 1.82) is 0 Å². The zero-order valence-electron chi connectivity index (χ0n) is 11.3. The fourth-order valence-corrected chi connectivity index (χ4v) is 0.308. The third-order valence-corrected chi connectivity index (χ3v) is 1.13. The first-order chi connectivity index (χ1) is 8.70. The Hall–Kier alpha value is -2.41. The number of carboxylic acid groups (broad SMARTS) is 1. The smallest absolute Gasteiger partial charge is 0.327 e. The van der Waals surface area contributed by atoms with Gasteiger partial charge < -0.3 is 16.2 Å². The second-order valence-corrected chi connectivity index (χ2v) is 3.13. The molecule has 7 heteroatoms. The van der Waals surface area contributed by atoms with E-state index in [1.54, 1.807) is 0 Å². The molecule has 0 aromatic heterocycles. The Morgan fingerprint density at radius 3 is 1.68 bits per heavy atom.